The lowest BCUT2D eigenvalue weighted by Gasteiger charge is -2.24. The summed E-state index contributed by atoms with van der Waals surface area (Å²) in [5, 5.41) is 18.7. The number of aromatic nitrogens is 1. The molecular weight excluding hydrogens is 304 g/mol. The van der Waals surface area contributed by atoms with Gasteiger partial charge in [-0.3, -0.25) is 4.79 Å². The Hall–Kier alpha value is -2.72. The fourth-order valence-corrected chi connectivity index (χ4v) is 2.84. The molecule has 0 unspecified atom stereocenters. The maximum atomic E-state index is 14.0. The third-order valence-corrected chi connectivity index (χ3v) is 3.90. The van der Waals surface area contributed by atoms with E-state index in [1.165, 1.54) is 17.2 Å². The van der Waals surface area contributed by atoms with Crippen molar-refractivity contribution >= 4 is 5.91 Å². The van der Waals surface area contributed by atoms with Gasteiger partial charge in [-0.25, -0.2) is 8.78 Å². The number of likely N-dealkylation sites (tertiary alicyclic amines) is 1. The molecule has 1 fully saturated rings. The number of hydrogen-bond acceptors (Lipinski definition) is 3. The van der Waals surface area contributed by atoms with E-state index in [0.717, 1.165) is 18.2 Å². The molecule has 1 aliphatic rings. The summed E-state index contributed by atoms with van der Waals surface area (Å²) in [6.07, 6.45) is 0.687. The summed E-state index contributed by atoms with van der Waals surface area (Å²) in [5.41, 5.74) is 0.487. The quantitative estimate of drug-likeness (QED) is 0.890. The van der Waals surface area contributed by atoms with Crippen LogP contribution in [-0.4, -0.2) is 33.5 Å². The Morgan fingerprint density at radius 2 is 2.17 bits per heavy atom. The highest BCUT2D eigenvalue weighted by atomic mass is 19.1. The Morgan fingerprint density at radius 1 is 1.39 bits per heavy atom. The van der Waals surface area contributed by atoms with E-state index < -0.39 is 29.7 Å². The topological polar surface area (TPSA) is 80.1 Å². The molecule has 0 saturated carbocycles. The fourth-order valence-electron chi connectivity index (χ4n) is 2.84. The van der Waals surface area contributed by atoms with E-state index in [9.17, 15) is 18.7 Å². The number of aliphatic hydroxyl groups excluding tert-OH is 1. The smallest absolute Gasteiger partial charge is 0.270 e. The van der Waals surface area contributed by atoms with Gasteiger partial charge in [0.25, 0.3) is 5.91 Å². The van der Waals surface area contributed by atoms with E-state index >= 15 is 0 Å². The number of hydrogen-bond donors (Lipinski definition) is 2. The summed E-state index contributed by atoms with van der Waals surface area (Å²) in [4.78, 5) is 16.5. The van der Waals surface area contributed by atoms with Gasteiger partial charge in [0.2, 0.25) is 0 Å². The van der Waals surface area contributed by atoms with Crippen molar-refractivity contribution in [2.75, 3.05) is 6.54 Å². The Morgan fingerprint density at radius 3 is 2.87 bits per heavy atom. The van der Waals surface area contributed by atoms with E-state index in [-0.39, 0.29) is 24.2 Å². The SMILES string of the molecule is N#Cc1c[nH]c(C(=O)N2C[C@H](O)C[C@@H]2c2cc(F)ccc2F)c1. The molecule has 1 aromatic carbocycles. The summed E-state index contributed by atoms with van der Waals surface area (Å²) in [7, 11) is 0. The van der Waals surface area contributed by atoms with Crippen molar-refractivity contribution in [1.82, 2.24) is 9.88 Å². The summed E-state index contributed by atoms with van der Waals surface area (Å²) in [5.74, 6) is -1.72. The summed E-state index contributed by atoms with van der Waals surface area (Å²) < 4.78 is 27.4. The second-order valence-corrected chi connectivity index (χ2v) is 5.44. The molecule has 0 spiro atoms. The van der Waals surface area contributed by atoms with Crippen LogP contribution in [0.25, 0.3) is 0 Å². The molecule has 2 aromatic rings. The zero-order chi connectivity index (χ0) is 16.6. The number of aliphatic hydroxyl groups is 1. The first kappa shape index (κ1) is 15.2. The maximum absolute atomic E-state index is 14.0. The Labute approximate surface area is 130 Å². The zero-order valence-electron chi connectivity index (χ0n) is 12.0. The predicted octanol–water partition coefficient (Wildman–Crippen LogP) is 2.11. The maximum Gasteiger partial charge on any atom is 0.270 e. The molecule has 2 atom stereocenters. The summed E-state index contributed by atoms with van der Waals surface area (Å²) >= 11 is 0. The minimum absolute atomic E-state index is 0.0142. The van der Waals surface area contributed by atoms with Crippen LogP contribution in [0.4, 0.5) is 8.78 Å². The Kier molecular flexibility index (Phi) is 3.84. The van der Waals surface area contributed by atoms with Gasteiger partial charge in [0.15, 0.2) is 0 Å². The minimum Gasteiger partial charge on any atom is -0.391 e. The first-order chi connectivity index (χ1) is 11.0. The van der Waals surface area contributed by atoms with Crippen molar-refractivity contribution in [3.05, 3.63) is 58.9 Å². The monoisotopic (exact) mass is 317 g/mol. The van der Waals surface area contributed by atoms with Gasteiger partial charge in [-0.1, -0.05) is 0 Å². The number of rotatable bonds is 2. The zero-order valence-corrected chi connectivity index (χ0v) is 12.0. The molecule has 7 heteroatoms. The van der Waals surface area contributed by atoms with E-state index in [2.05, 4.69) is 4.98 Å². The van der Waals surface area contributed by atoms with Crippen molar-refractivity contribution in [1.29, 1.82) is 5.26 Å². The average Bonchev–Trinajstić information content (AvgIpc) is 3.15. The van der Waals surface area contributed by atoms with E-state index in [0.29, 0.717) is 5.56 Å². The first-order valence-corrected chi connectivity index (χ1v) is 7.02. The number of benzene rings is 1. The summed E-state index contributed by atoms with van der Waals surface area (Å²) in [6, 6.07) is 5.56. The van der Waals surface area contributed by atoms with Gasteiger partial charge in [-0.15, -0.1) is 0 Å². The van der Waals surface area contributed by atoms with Crippen LogP contribution in [0, 0.1) is 23.0 Å². The number of carbonyl (C=O) groups excluding carboxylic acids is 1. The average molecular weight is 317 g/mol. The van der Waals surface area contributed by atoms with E-state index in [1.54, 1.807) is 0 Å². The number of carbonyl (C=O) groups is 1. The van der Waals surface area contributed by atoms with Crippen LogP contribution >= 0.6 is 0 Å². The fraction of sp³-hybridized carbons (Fsp3) is 0.250. The van der Waals surface area contributed by atoms with E-state index in [1.807, 2.05) is 6.07 Å². The summed E-state index contributed by atoms with van der Waals surface area (Å²) in [6.45, 7) is 0.0142. The lowest BCUT2D eigenvalue weighted by Crippen LogP contribution is -2.32. The molecule has 118 valence electrons. The highest BCUT2D eigenvalue weighted by Crippen LogP contribution is 2.35. The van der Waals surface area contributed by atoms with Crippen LogP contribution in [0.2, 0.25) is 0 Å². The number of nitriles is 1. The minimum atomic E-state index is -0.822. The molecule has 1 amide bonds. The third-order valence-electron chi connectivity index (χ3n) is 3.90. The number of amides is 1. The lowest BCUT2D eigenvalue weighted by molar-refractivity contribution is 0.0708. The molecule has 5 nitrogen and oxygen atoms in total. The molecule has 1 saturated heterocycles. The highest BCUT2D eigenvalue weighted by molar-refractivity contribution is 5.93. The normalized spacial score (nSPS) is 20.5. The Bertz CT molecular complexity index is 797. The van der Waals surface area contributed by atoms with E-state index in [4.69, 9.17) is 5.26 Å². The van der Waals surface area contributed by atoms with Gasteiger partial charge in [-0.2, -0.15) is 5.26 Å². The molecular formula is C16H13F2N3O2. The van der Waals surface area contributed by atoms with Crippen molar-refractivity contribution in [3.63, 3.8) is 0 Å². The number of nitrogens with zero attached hydrogens (tertiary/aromatic N) is 2. The van der Waals surface area contributed by atoms with Crippen LogP contribution in [0.3, 0.4) is 0 Å². The molecule has 2 heterocycles. The van der Waals surface area contributed by atoms with Crippen LogP contribution < -0.4 is 0 Å². The molecule has 0 bridgehead atoms. The van der Waals surface area contributed by atoms with Crippen LogP contribution in [0.15, 0.2) is 30.5 Å². The van der Waals surface area contributed by atoms with Gasteiger partial charge in [0.1, 0.15) is 23.4 Å². The lowest BCUT2D eigenvalue weighted by atomic mass is 10.0. The Balaban J connectivity index is 1.95. The van der Waals surface area contributed by atoms with Crippen molar-refractivity contribution in [2.24, 2.45) is 0 Å². The standard InChI is InChI=1S/C16H13F2N3O2/c17-10-1-2-13(18)12(4-10)15-5-11(22)8-21(15)16(23)14-3-9(6-19)7-20-14/h1-4,7,11,15,20,22H,5,8H2/t11-,15-/m1/s1. The third kappa shape index (κ3) is 2.81. The molecule has 0 aliphatic carbocycles. The molecule has 3 rings (SSSR count). The van der Waals surface area contributed by atoms with Gasteiger partial charge in [-0.05, 0) is 30.7 Å². The first-order valence-electron chi connectivity index (χ1n) is 7.02. The largest absolute Gasteiger partial charge is 0.391 e. The second-order valence-electron chi connectivity index (χ2n) is 5.44. The van der Waals surface area contributed by atoms with Crippen molar-refractivity contribution in [2.45, 2.75) is 18.6 Å². The highest BCUT2D eigenvalue weighted by Gasteiger charge is 2.37. The molecule has 0 radical (unpaired) electrons. The predicted molar refractivity (Wildman–Crippen MR) is 76.3 cm³/mol. The number of aromatic amines is 1. The van der Waals surface area contributed by atoms with Crippen LogP contribution in [-0.2, 0) is 0 Å². The van der Waals surface area contributed by atoms with Crippen LogP contribution in [0.5, 0.6) is 0 Å². The second kappa shape index (κ2) is 5.82. The van der Waals surface area contributed by atoms with Gasteiger partial charge in [0.05, 0.1) is 17.7 Å². The molecule has 23 heavy (non-hydrogen) atoms. The van der Waals surface area contributed by atoms with Gasteiger partial charge < -0.3 is 15.0 Å². The van der Waals surface area contributed by atoms with Crippen LogP contribution in [0.1, 0.15) is 34.1 Å². The van der Waals surface area contributed by atoms with Gasteiger partial charge in [0, 0.05) is 18.3 Å². The number of β-amino-alcohol motifs (C(OH)–C–C–N with tert-alkyl or cyclic N) is 1. The molecule has 1 aliphatic heterocycles. The molecule has 2 N–H and O–H groups in total. The number of H-pyrrole nitrogens is 1. The number of nitrogens with one attached hydrogen (secondary N) is 1. The molecule has 1 aromatic heterocycles. The van der Waals surface area contributed by atoms with Crippen molar-refractivity contribution < 1.29 is 18.7 Å². The van der Waals surface area contributed by atoms with Crippen molar-refractivity contribution in [3.8, 4) is 6.07 Å². The van der Waals surface area contributed by atoms with Gasteiger partial charge >= 0.3 is 0 Å². The number of halogens is 2.